The molecule has 3 heteroatoms. The predicted octanol–water partition coefficient (Wildman–Crippen LogP) is 3.26. The molecule has 1 heterocycles. The second-order valence-electron chi connectivity index (χ2n) is 3.61. The summed E-state index contributed by atoms with van der Waals surface area (Å²) in [5.41, 5.74) is 1.43. The van der Waals surface area contributed by atoms with Gasteiger partial charge in [-0.2, -0.15) is 0 Å². The van der Waals surface area contributed by atoms with Crippen LogP contribution < -0.4 is 5.32 Å². The average molecular weight is 216 g/mol. The van der Waals surface area contributed by atoms with Crippen molar-refractivity contribution in [3.8, 4) is 0 Å². The maximum atomic E-state index is 5.89. The monoisotopic (exact) mass is 215 g/mol. The lowest BCUT2D eigenvalue weighted by Gasteiger charge is -2.35. The predicted molar refractivity (Wildman–Crippen MR) is 58.8 cm³/mol. The topological polar surface area (TPSA) is 12.0 Å². The quantitative estimate of drug-likeness (QED) is 0.816. The standard InChI is InChI=1S/C10H14ClNS/c1-2-12-9-3-7(4-9)8-5-10(11)13-6-8/h5-7,9,12H,2-4H2,1H3. The molecular formula is C10H14ClNS. The van der Waals surface area contributed by atoms with E-state index in [1.54, 1.807) is 11.3 Å². The zero-order valence-electron chi connectivity index (χ0n) is 7.72. The maximum Gasteiger partial charge on any atom is 0.0931 e. The fraction of sp³-hybridized carbons (Fsp3) is 0.600. The Morgan fingerprint density at radius 2 is 2.38 bits per heavy atom. The Balaban J connectivity index is 1.86. The Kier molecular flexibility index (Phi) is 2.92. The molecule has 13 heavy (non-hydrogen) atoms. The summed E-state index contributed by atoms with van der Waals surface area (Å²) in [6.07, 6.45) is 2.56. The smallest absolute Gasteiger partial charge is 0.0931 e. The van der Waals surface area contributed by atoms with Crippen molar-refractivity contribution >= 4 is 22.9 Å². The molecule has 0 spiro atoms. The first-order chi connectivity index (χ1) is 6.29. The highest BCUT2D eigenvalue weighted by atomic mass is 35.5. The summed E-state index contributed by atoms with van der Waals surface area (Å²) in [5.74, 6) is 0.757. The summed E-state index contributed by atoms with van der Waals surface area (Å²) >= 11 is 7.53. The molecule has 1 fully saturated rings. The molecule has 1 aliphatic rings. The lowest BCUT2D eigenvalue weighted by Crippen LogP contribution is -2.39. The van der Waals surface area contributed by atoms with Crippen LogP contribution in [0.15, 0.2) is 11.4 Å². The van der Waals surface area contributed by atoms with Crippen LogP contribution in [0.2, 0.25) is 4.34 Å². The Morgan fingerprint density at radius 3 is 2.92 bits per heavy atom. The van der Waals surface area contributed by atoms with Crippen LogP contribution in [-0.2, 0) is 0 Å². The van der Waals surface area contributed by atoms with Crippen molar-refractivity contribution < 1.29 is 0 Å². The Morgan fingerprint density at radius 1 is 1.62 bits per heavy atom. The van der Waals surface area contributed by atoms with Gasteiger partial charge in [-0.05, 0) is 42.3 Å². The van der Waals surface area contributed by atoms with E-state index in [0.717, 1.165) is 22.8 Å². The highest BCUT2D eigenvalue weighted by Crippen LogP contribution is 2.39. The van der Waals surface area contributed by atoms with Gasteiger partial charge in [0.2, 0.25) is 0 Å². The third-order valence-corrected chi connectivity index (χ3v) is 3.80. The van der Waals surface area contributed by atoms with Crippen LogP contribution in [0.25, 0.3) is 0 Å². The molecule has 0 aliphatic heterocycles. The van der Waals surface area contributed by atoms with Gasteiger partial charge in [0.1, 0.15) is 0 Å². The molecule has 1 N–H and O–H groups in total. The first-order valence-corrected chi connectivity index (χ1v) is 6.02. The van der Waals surface area contributed by atoms with Gasteiger partial charge in [-0.3, -0.25) is 0 Å². The molecule has 0 aromatic carbocycles. The van der Waals surface area contributed by atoms with Crippen molar-refractivity contribution in [2.45, 2.75) is 31.7 Å². The Hall–Kier alpha value is -0.0500. The molecule has 0 unspecified atom stereocenters. The Labute approximate surface area is 88.1 Å². The van der Waals surface area contributed by atoms with E-state index in [4.69, 9.17) is 11.6 Å². The van der Waals surface area contributed by atoms with E-state index in [2.05, 4.69) is 23.7 Å². The van der Waals surface area contributed by atoms with Gasteiger partial charge in [-0.15, -0.1) is 11.3 Å². The van der Waals surface area contributed by atoms with Gasteiger partial charge < -0.3 is 5.32 Å². The molecule has 1 aromatic heterocycles. The van der Waals surface area contributed by atoms with Gasteiger partial charge in [0.15, 0.2) is 0 Å². The molecule has 0 amide bonds. The summed E-state index contributed by atoms with van der Waals surface area (Å²) in [5, 5.41) is 5.65. The van der Waals surface area contributed by atoms with Crippen molar-refractivity contribution in [1.29, 1.82) is 0 Å². The van der Waals surface area contributed by atoms with Crippen LogP contribution in [-0.4, -0.2) is 12.6 Å². The largest absolute Gasteiger partial charge is 0.314 e. The van der Waals surface area contributed by atoms with Gasteiger partial charge >= 0.3 is 0 Å². The lowest BCUT2D eigenvalue weighted by molar-refractivity contribution is 0.296. The SMILES string of the molecule is CCNC1CC(c2csc(Cl)c2)C1. The highest BCUT2D eigenvalue weighted by Gasteiger charge is 2.29. The molecule has 0 radical (unpaired) electrons. The normalized spacial score (nSPS) is 27.2. The second kappa shape index (κ2) is 3.99. The van der Waals surface area contributed by atoms with Gasteiger partial charge in [-0.1, -0.05) is 18.5 Å². The molecule has 0 bridgehead atoms. The summed E-state index contributed by atoms with van der Waals surface area (Å²) < 4.78 is 0.918. The van der Waals surface area contributed by atoms with Crippen LogP contribution in [0, 0.1) is 0 Å². The molecule has 1 nitrogen and oxygen atoms in total. The molecule has 1 aromatic rings. The van der Waals surface area contributed by atoms with Crippen LogP contribution >= 0.6 is 22.9 Å². The fourth-order valence-electron chi connectivity index (χ4n) is 1.88. The van der Waals surface area contributed by atoms with E-state index in [9.17, 15) is 0 Å². The number of rotatable bonds is 3. The van der Waals surface area contributed by atoms with E-state index in [1.165, 1.54) is 18.4 Å². The van der Waals surface area contributed by atoms with E-state index in [0.29, 0.717) is 0 Å². The Bertz CT molecular complexity index is 278. The number of nitrogens with one attached hydrogen (secondary N) is 1. The summed E-state index contributed by atoms with van der Waals surface area (Å²) in [7, 11) is 0. The first kappa shape index (κ1) is 9.50. The van der Waals surface area contributed by atoms with Crippen molar-refractivity contribution in [1.82, 2.24) is 5.32 Å². The number of hydrogen-bond donors (Lipinski definition) is 1. The van der Waals surface area contributed by atoms with Crippen LogP contribution in [0.5, 0.6) is 0 Å². The first-order valence-electron chi connectivity index (χ1n) is 4.77. The van der Waals surface area contributed by atoms with Gasteiger partial charge in [0, 0.05) is 6.04 Å². The third-order valence-electron chi connectivity index (χ3n) is 2.69. The van der Waals surface area contributed by atoms with Gasteiger partial charge in [0.25, 0.3) is 0 Å². The molecule has 1 aliphatic carbocycles. The van der Waals surface area contributed by atoms with E-state index in [-0.39, 0.29) is 0 Å². The minimum absolute atomic E-state index is 0.744. The van der Waals surface area contributed by atoms with E-state index < -0.39 is 0 Å². The van der Waals surface area contributed by atoms with Crippen molar-refractivity contribution in [2.75, 3.05) is 6.54 Å². The molecular weight excluding hydrogens is 202 g/mol. The number of hydrogen-bond acceptors (Lipinski definition) is 2. The zero-order chi connectivity index (χ0) is 9.26. The molecule has 0 atom stereocenters. The molecule has 72 valence electrons. The number of thiophene rings is 1. The second-order valence-corrected chi connectivity index (χ2v) is 5.15. The minimum atomic E-state index is 0.744. The van der Waals surface area contributed by atoms with Crippen LogP contribution in [0.3, 0.4) is 0 Å². The highest BCUT2D eigenvalue weighted by molar-refractivity contribution is 7.14. The zero-order valence-corrected chi connectivity index (χ0v) is 9.29. The number of halogens is 1. The van der Waals surface area contributed by atoms with Crippen LogP contribution in [0.4, 0.5) is 0 Å². The van der Waals surface area contributed by atoms with Gasteiger partial charge in [-0.25, -0.2) is 0 Å². The third kappa shape index (κ3) is 2.06. The molecule has 2 rings (SSSR count). The van der Waals surface area contributed by atoms with E-state index in [1.807, 2.05) is 0 Å². The van der Waals surface area contributed by atoms with Gasteiger partial charge in [0.05, 0.1) is 4.34 Å². The van der Waals surface area contributed by atoms with E-state index >= 15 is 0 Å². The maximum absolute atomic E-state index is 5.89. The summed E-state index contributed by atoms with van der Waals surface area (Å²) in [4.78, 5) is 0. The van der Waals surface area contributed by atoms with Crippen molar-refractivity contribution in [2.24, 2.45) is 0 Å². The fourth-order valence-corrected chi connectivity index (χ4v) is 2.86. The molecule has 0 saturated heterocycles. The van der Waals surface area contributed by atoms with Crippen molar-refractivity contribution in [3.63, 3.8) is 0 Å². The summed E-state index contributed by atoms with van der Waals surface area (Å²) in [6, 6.07) is 2.85. The van der Waals surface area contributed by atoms with Crippen LogP contribution in [0.1, 0.15) is 31.2 Å². The lowest BCUT2D eigenvalue weighted by atomic mass is 9.77. The average Bonchev–Trinajstić information content (AvgIpc) is 2.43. The minimum Gasteiger partial charge on any atom is -0.314 e. The van der Waals surface area contributed by atoms with Crippen molar-refractivity contribution in [3.05, 3.63) is 21.3 Å². The summed E-state index contributed by atoms with van der Waals surface area (Å²) in [6.45, 7) is 3.25. The molecule has 1 saturated carbocycles.